The Morgan fingerprint density at radius 1 is 1.29 bits per heavy atom. The number of hydrogen-bond acceptors (Lipinski definition) is 3. The van der Waals surface area contributed by atoms with Gasteiger partial charge in [0.15, 0.2) is 0 Å². The molecule has 2 aliphatic rings. The second-order valence-electron chi connectivity index (χ2n) is 6.34. The Labute approximate surface area is 125 Å². The predicted molar refractivity (Wildman–Crippen MR) is 82.7 cm³/mol. The van der Waals surface area contributed by atoms with Crippen molar-refractivity contribution in [2.75, 3.05) is 26.3 Å². The van der Waals surface area contributed by atoms with Gasteiger partial charge in [-0.05, 0) is 25.8 Å². The van der Waals surface area contributed by atoms with Crippen molar-refractivity contribution in [1.82, 2.24) is 10.2 Å². The summed E-state index contributed by atoms with van der Waals surface area (Å²) in [7, 11) is 0. The second-order valence-corrected chi connectivity index (χ2v) is 6.34. The van der Waals surface area contributed by atoms with Crippen LogP contribution in [0.5, 0.6) is 0 Å². The van der Waals surface area contributed by atoms with Crippen LogP contribution < -0.4 is 5.32 Å². The molecule has 4 heteroatoms. The van der Waals surface area contributed by atoms with E-state index in [9.17, 15) is 4.79 Å². The molecule has 0 atom stereocenters. The molecule has 1 fully saturated rings. The van der Waals surface area contributed by atoms with Crippen LogP contribution in [0.25, 0.3) is 5.70 Å². The minimum absolute atomic E-state index is 0.0362. The maximum atomic E-state index is 12.4. The van der Waals surface area contributed by atoms with Gasteiger partial charge in [-0.15, -0.1) is 0 Å². The molecule has 1 amide bonds. The molecular formula is C17H22N2O2. The molecule has 1 saturated heterocycles. The van der Waals surface area contributed by atoms with Crippen LogP contribution in [-0.2, 0) is 16.0 Å². The van der Waals surface area contributed by atoms with E-state index in [1.807, 2.05) is 11.0 Å². The molecule has 2 aliphatic heterocycles. The van der Waals surface area contributed by atoms with Crippen molar-refractivity contribution in [3.63, 3.8) is 0 Å². The SMILES string of the molecule is CC1(C)Cc2ccccc2/C(=C/C(=O)N2CCOCC2)N1. The summed E-state index contributed by atoms with van der Waals surface area (Å²) < 4.78 is 5.30. The average Bonchev–Trinajstić information content (AvgIpc) is 2.47. The highest BCUT2D eigenvalue weighted by Crippen LogP contribution is 2.29. The third kappa shape index (κ3) is 3.10. The summed E-state index contributed by atoms with van der Waals surface area (Å²) >= 11 is 0. The molecule has 1 aromatic carbocycles. The monoisotopic (exact) mass is 286 g/mol. The molecule has 4 nitrogen and oxygen atoms in total. The van der Waals surface area contributed by atoms with E-state index in [0.29, 0.717) is 26.3 Å². The summed E-state index contributed by atoms with van der Waals surface area (Å²) in [4.78, 5) is 14.3. The van der Waals surface area contributed by atoms with Crippen molar-refractivity contribution >= 4 is 11.6 Å². The number of hydrogen-bond donors (Lipinski definition) is 1. The minimum Gasteiger partial charge on any atom is -0.379 e. The molecule has 0 saturated carbocycles. The Hall–Kier alpha value is -1.81. The van der Waals surface area contributed by atoms with Gasteiger partial charge in [-0.2, -0.15) is 0 Å². The first-order chi connectivity index (χ1) is 10.1. The number of amides is 1. The van der Waals surface area contributed by atoms with Crippen LogP contribution in [0, 0.1) is 0 Å². The zero-order valence-electron chi connectivity index (χ0n) is 12.7. The summed E-state index contributed by atoms with van der Waals surface area (Å²) in [6.07, 6.45) is 2.71. The van der Waals surface area contributed by atoms with Gasteiger partial charge in [-0.25, -0.2) is 0 Å². The largest absolute Gasteiger partial charge is 0.379 e. The normalized spacial score (nSPS) is 22.6. The molecule has 0 bridgehead atoms. The number of nitrogens with zero attached hydrogens (tertiary/aromatic N) is 1. The van der Waals surface area contributed by atoms with Crippen molar-refractivity contribution in [2.24, 2.45) is 0 Å². The molecule has 3 rings (SSSR count). The zero-order valence-corrected chi connectivity index (χ0v) is 12.7. The Morgan fingerprint density at radius 3 is 2.76 bits per heavy atom. The molecule has 0 aromatic heterocycles. The van der Waals surface area contributed by atoms with E-state index >= 15 is 0 Å². The summed E-state index contributed by atoms with van der Waals surface area (Å²) in [6, 6.07) is 8.30. The summed E-state index contributed by atoms with van der Waals surface area (Å²) in [5, 5.41) is 3.50. The van der Waals surface area contributed by atoms with E-state index in [4.69, 9.17) is 4.74 Å². The van der Waals surface area contributed by atoms with E-state index in [-0.39, 0.29) is 11.4 Å². The van der Waals surface area contributed by atoms with E-state index in [2.05, 4.69) is 37.4 Å². The first-order valence-corrected chi connectivity index (χ1v) is 7.50. The first-order valence-electron chi connectivity index (χ1n) is 7.50. The number of fused-ring (bicyclic) bond motifs is 1. The lowest BCUT2D eigenvalue weighted by Crippen LogP contribution is -2.45. The van der Waals surface area contributed by atoms with Crippen LogP contribution >= 0.6 is 0 Å². The van der Waals surface area contributed by atoms with Gasteiger partial charge in [0, 0.05) is 36.0 Å². The fourth-order valence-electron chi connectivity index (χ4n) is 3.00. The molecule has 0 radical (unpaired) electrons. The van der Waals surface area contributed by atoms with Crippen LogP contribution in [-0.4, -0.2) is 42.6 Å². The first kappa shape index (κ1) is 14.1. The predicted octanol–water partition coefficient (Wildman–Crippen LogP) is 1.81. The van der Waals surface area contributed by atoms with Crippen LogP contribution in [0.1, 0.15) is 25.0 Å². The van der Waals surface area contributed by atoms with E-state index in [1.165, 1.54) is 5.56 Å². The lowest BCUT2D eigenvalue weighted by atomic mass is 9.86. The fourth-order valence-corrected chi connectivity index (χ4v) is 3.00. The van der Waals surface area contributed by atoms with Crippen LogP contribution in [0.15, 0.2) is 30.3 Å². The highest BCUT2D eigenvalue weighted by Gasteiger charge is 2.28. The summed E-state index contributed by atoms with van der Waals surface area (Å²) in [5.41, 5.74) is 3.32. The topological polar surface area (TPSA) is 41.6 Å². The quantitative estimate of drug-likeness (QED) is 0.801. The third-order valence-electron chi connectivity index (χ3n) is 4.00. The van der Waals surface area contributed by atoms with Crippen molar-refractivity contribution in [3.05, 3.63) is 41.5 Å². The van der Waals surface area contributed by atoms with Crippen molar-refractivity contribution in [2.45, 2.75) is 25.8 Å². The number of ether oxygens (including phenoxy) is 1. The molecule has 0 unspecified atom stereocenters. The standard InChI is InChI=1S/C17H22N2O2/c1-17(2)12-13-5-3-4-6-14(13)15(18-17)11-16(20)19-7-9-21-10-8-19/h3-6,11,18H,7-10,12H2,1-2H3/b15-11-. The summed E-state index contributed by atoms with van der Waals surface area (Å²) in [5.74, 6) is 0.0632. The van der Waals surface area contributed by atoms with E-state index < -0.39 is 0 Å². The fraction of sp³-hybridized carbons (Fsp3) is 0.471. The van der Waals surface area contributed by atoms with Crippen molar-refractivity contribution in [3.8, 4) is 0 Å². The Bertz CT molecular complexity index is 572. The molecule has 0 spiro atoms. The minimum atomic E-state index is -0.0362. The number of morpholine rings is 1. The molecular weight excluding hydrogens is 264 g/mol. The Balaban J connectivity index is 1.89. The molecule has 21 heavy (non-hydrogen) atoms. The lowest BCUT2D eigenvalue weighted by molar-refractivity contribution is -0.129. The van der Waals surface area contributed by atoms with Gasteiger partial charge in [0.25, 0.3) is 0 Å². The number of benzene rings is 1. The zero-order chi connectivity index (χ0) is 14.9. The number of carbonyl (C=O) groups is 1. The van der Waals surface area contributed by atoms with Gasteiger partial charge in [0.2, 0.25) is 5.91 Å². The molecule has 1 aromatic rings. The number of nitrogens with one attached hydrogen (secondary N) is 1. The third-order valence-corrected chi connectivity index (χ3v) is 4.00. The molecule has 1 N–H and O–H groups in total. The Morgan fingerprint density at radius 2 is 2.00 bits per heavy atom. The van der Waals surface area contributed by atoms with Crippen LogP contribution in [0.3, 0.4) is 0 Å². The van der Waals surface area contributed by atoms with Crippen molar-refractivity contribution in [1.29, 1.82) is 0 Å². The van der Waals surface area contributed by atoms with Crippen LogP contribution in [0.4, 0.5) is 0 Å². The van der Waals surface area contributed by atoms with Gasteiger partial charge < -0.3 is 15.0 Å². The molecule has 112 valence electrons. The molecule has 0 aliphatic carbocycles. The van der Waals surface area contributed by atoms with Gasteiger partial charge in [-0.1, -0.05) is 24.3 Å². The number of carbonyl (C=O) groups excluding carboxylic acids is 1. The maximum Gasteiger partial charge on any atom is 0.248 e. The Kier molecular flexibility index (Phi) is 3.72. The second kappa shape index (κ2) is 5.53. The number of rotatable bonds is 1. The highest BCUT2D eigenvalue weighted by molar-refractivity contribution is 5.95. The smallest absolute Gasteiger partial charge is 0.248 e. The van der Waals surface area contributed by atoms with Gasteiger partial charge in [0.1, 0.15) is 0 Å². The van der Waals surface area contributed by atoms with E-state index in [0.717, 1.165) is 17.7 Å². The average molecular weight is 286 g/mol. The molecule has 2 heterocycles. The van der Waals surface area contributed by atoms with E-state index in [1.54, 1.807) is 6.08 Å². The lowest BCUT2D eigenvalue weighted by Gasteiger charge is -2.36. The van der Waals surface area contributed by atoms with Gasteiger partial charge >= 0.3 is 0 Å². The van der Waals surface area contributed by atoms with Gasteiger partial charge in [-0.3, -0.25) is 4.79 Å². The highest BCUT2D eigenvalue weighted by atomic mass is 16.5. The summed E-state index contributed by atoms with van der Waals surface area (Å²) in [6.45, 7) is 6.93. The van der Waals surface area contributed by atoms with Crippen molar-refractivity contribution < 1.29 is 9.53 Å². The van der Waals surface area contributed by atoms with Gasteiger partial charge in [0.05, 0.1) is 13.2 Å². The van der Waals surface area contributed by atoms with Crippen LogP contribution in [0.2, 0.25) is 0 Å². The maximum absolute atomic E-state index is 12.4.